The van der Waals surface area contributed by atoms with E-state index in [1.165, 1.54) is 0 Å². The molecule has 0 aliphatic heterocycles. The summed E-state index contributed by atoms with van der Waals surface area (Å²) < 4.78 is 0. The van der Waals surface area contributed by atoms with Crippen molar-refractivity contribution in [2.24, 2.45) is 22.2 Å². The van der Waals surface area contributed by atoms with Gasteiger partial charge in [-0.25, -0.2) is 4.79 Å². The van der Waals surface area contributed by atoms with E-state index in [0.29, 0.717) is 13.0 Å². The number of rotatable bonds is 13. The van der Waals surface area contributed by atoms with Crippen molar-refractivity contribution in [2.75, 3.05) is 12.3 Å². The Bertz CT molecular complexity index is 568. The normalized spacial score (nSPS) is 13.7. The summed E-state index contributed by atoms with van der Waals surface area (Å²) in [6.07, 6.45) is -0.0237. The topological polar surface area (TPSA) is 223 Å². The average molecular weight is 406 g/mol. The fourth-order valence-corrected chi connectivity index (χ4v) is 2.18. The van der Waals surface area contributed by atoms with Crippen molar-refractivity contribution in [2.45, 2.75) is 43.8 Å². The van der Waals surface area contributed by atoms with Crippen molar-refractivity contribution in [3.63, 3.8) is 0 Å². The number of carbonyl (C=O) groups is 4. The van der Waals surface area contributed by atoms with Gasteiger partial charge in [0.2, 0.25) is 11.8 Å². The highest BCUT2D eigenvalue weighted by Gasteiger charge is 2.27. The van der Waals surface area contributed by atoms with Crippen LogP contribution in [0.25, 0.3) is 0 Å². The van der Waals surface area contributed by atoms with Crippen LogP contribution in [-0.4, -0.2) is 70.3 Å². The van der Waals surface area contributed by atoms with Gasteiger partial charge in [-0.1, -0.05) is 0 Å². The molecular formula is C14H26N6O6S. The molecule has 0 radical (unpaired) electrons. The van der Waals surface area contributed by atoms with Gasteiger partial charge in [0.25, 0.3) is 0 Å². The molecule has 0 heterocycles. The van der Waals surface area contributed by atoms with Crippen LogP contribution in [0, 0.1) is 0 Å². The molecule has 2 amide bonds. The first-order chi connectivity index (χ1) is 12.6. The van der Waals surface area contributed by atoms with Gasteiger partial charge in [0.15, 0.2) is 5.96 Å². The van der Waals surface area contributed by atoms with Gasteiger partial charge in [-0.3, -0.25) is 19.4 Å². The van der Waals surface area contributed by atoms with E-state index in [0.717, 1.165) is 0 Å². The molecule has 12 nitrogen and oxygen atoms in total. The lowest BCUT2D eigenvalue weighted by Crippen LogP contribution is -2.55. The molecule has 0 aromatic heterocycles. The number of guanidine groups is 1. The van der Waals surface area contributed by atoms with Crippen LogP contribution in [0.15, 0.2) is 4.99 Å². The van der Waals surface area contributed by atoms with E-state index in [1.807, 2.05) is 0 Å². The molecule has 154 valence electrons. The molecule has 0 bridgehead atoms. The maximum absolute atomic E-state index is 12.2. The summed E-state index contributed by atoms with van der Waals surface area (Å²) >= 11 is 3.96. The Kier molecular flexibility index (Phi) is 11.6. The second-order valence-corrected chi connectivity index (χ2v) is 6.00. The molecule has 0 aromatic carbocycles. The summed E-state index contributed by atoms with van der Waals surface area (Å²) in [5.74, 6) is -4.18. The SMILES string of the molecule is NC(N)=NCCC[C@H](N)C(=O)N[C@@H](CS)C(=O)N[C@@H](CCC(=O)O)C(=O)O. The number of hydrogen-bond donors (Lipinski definition) is 8. The lowest BCUT2D eigenvalue weighted by Gasteiger charge is -2.21. The number of aliphatic carboxylic acids is 2. The molecule has 0 aliphatic rings. The largest absolute Gasteiger partial charge is 0.481 e. The molecule has 13 heteroatoms. The number of nitrogens with two attached hydrogens (primary N) is 3. The third-order valence-corrected chi connectivity index (χ3v) is 3.75. The second kappa shape index (κ2) is 12.8. The maximum Gasteiger partial charge on any atom is 0.326 e. The van der Waals surface area contributed by atoms with Crippen LogP contribution in [0.4, 0.5) is 0 Å². The fraction of sp³-hybridized carbons (Fsp3) is 0.643. The molecule has 0 saturated heterocycles. The lowest BCUT2D eigenvalue weighted by atomic mass is 10.1. The summed E-state index contributed by atoms with van der Waals surface area (Å²) in [5, 5.41) is 22.2. The second-order valence-electron chi connectivity index (χ2n) is 5.63. The number of carbonyl (C=O) groups excluding carboxylic acids is 2. The molecule has 10 N–H and O–H groups in total. The van der Waals surface area contributed by atoms with Crippen molar-refractivity contribution < 1.29 is 29.4 Å². The highest BCUT2D eigenvalue weighted by molar-refractivity contribution is 7.80. The zero-order valence-electron chi connectivity index (χ0n) is 14.6. The fourth-order valence-electron chi connectivity index (χ4n) is 1.92. The Hall–Kier alpha value is -2.54. The third-order valence-electron chi connectivity index (χ3n) is 3.38. The van der Waals surface area contributed by atoms with Crippen LogP contribution in [-0.2, 0) is 19.2 Å². The van der Waals surface area contributed by atoms with Crippen LogP contribution < -0.4 is 27.8 Å². The molecule has 0 spiro atoms. The zero-order valence-corrected chi connectivity index (χ0v) is 15.5. The Morgan fingerprint density at radius 3 is 2.07 bits per heavy atom. The average Bonchev–Trinajstić information content (AvgIpc) is 2.58. The Morgan fingerprint density at radius 2 is 1.59 bits per heavy atom. The highest BCUT2D eigenvalue weighted by atomic mass is 32.1. The van der Waals surface area contributed by atoms with E-state index < -0.39 is 48.3 Å². The van der Waals surface area contributed by atoms with Crippen LogP contribution in [0.1, 0.15) is 25.7 Å². The van der Waals surface area contributed by atoms with Gasteiger partial charge in [-0.2, -0.15) is 12.6 Å². The Labute approximate surface area is 161 Å². The van der Waals surface area contributed by atoms with Gasteiger partial charge in [0.1, 0.15) is 12.1 Å². The first-order valence-electron chi connectivity index (χ1n) is 8.05. The van der Waals surface area contributed by atoms with Gasteiger partial charge < -0.3 is 38.0 Å². The quantitative estimate of drug-likeness (QED) is 0.0684. The van der Waals surface area contributed by atoms with Gasteiger partial charge in [0, 0.05) is 18.7 Å². The van der Waals surface area contributed by atoms with Crippen molar-refractivity contribution in [3.8, 4) is 0 Å². The van der Waals surface area contributed by atoms with Crippen LogP contribution in [0.3, 0.4) is 0 Å². The maximum atomic E-state index is 12.2. The van der Waals surface area contributed by atoms with E-state index in [1.54, 1.807) is 0 Å². The van der Waals surface area contributed by atoms with E-state index in [9.17, 15) is 19.2 Å². The summed E-state index contributed by atoms with van der Waals surface area (Å²) in [6, 6.07) is -3.45. The van der Waals surface area contributed by atoms with E-state index in [4.69, 9.17) is 27.4 Å². The smallest absolute Gasteiger partial charge is 0.326 e. The number of carboxylic acids is 2. The van der Waals surface area contributed by atoms with Crippen LogP contribution in [0.2, 0.25) is 0 Å². The summed E-state index contributed by atoms with van der Waals surface area (Å²) in [4.78, 5) is 49.6. The molecule has 0 unspecified atom stereocenters. The molecular weight excluding hydrogens is 380 g/mol. The number of aliphatic imine (C=N–C) groups is 1. The number of amides is 2. The van der Waals surface area contributed by atoms with Gasteiger partial charge in [-0.05, 0) is 19.3 Å². The molecule has 0 aromatic rings. The first kappa shape index (κ1) is 24.5. The molecule has 0 rings (SSSR count). The number of nitrogens with zero attached hydrogens (tertiary/aromatic N) is 1. The minimum absolute atomic E-state index is 0.0734. The van der Waals surface area contributed by atoms with E-state index in [2.05, 4.69) is 28.3 Å². The van der Waals surface area contributed by atoms with Crippen LogP contribution >= 0.6 is 12.6 Å². The van der Waals surface area contributed by atoms with Crippen molar-refractivity contribution >= 4 is 42.3 Å². The number of thiol groups is 1. The first-order valence-corrected chi connectivity index (χ1v) is 8.68. The predicted octanol–water partition coefficient (Wildman–Crippen LogP) is -2.78. The van der Waals surface area contributed by atoms with Crippen LogP contribution in [0.5, 0.6) is 0 Å². The summed E-state index contributed by atoms with van der Waals surface area (Å²) in [7, 11) is 0. The van der Waals surface area contributed by atoms with Crippen molar-refractivity contribution in [1.29, 1.82) is 0 Å². The minimum Gasteiger partial charge on any atom is -0.481 e. The summed E-state index contributed by atoms with van der Waals surface area (Å²) in [6.45, 7) is 0.295. The standard InChI is InChI=1S/C14H26N6O6S/c15-7(2-1-5-18-14(16)17)11(23)20-9(6-27)12(24)19-8(13(25)26)3-4-10(21)22/h7-9,27H,1-6,15H2,(H,19,24)(H,20,23)(H,21,22)(H,25,26)(H4,16,17,18)/t7-,8-,9-/m0/s1. The predicted molar refractivity (Wildman–Crippen MR) is 100 cm³/mol. The molecule has 0 fully saturated rings. The monoisotopic (exact) mass is 406 g/mol. The summed E-state index contributed by atoms with van der Waals surface area (Å²) in [5.41, 5.74) is 16.1. The highest BCUT2D eigenvalue weighted by Crippen LogP contribution is 2.01. The number of hydrogen-bond acceptors (Lipinski definition) is 7. The number of nitrogens with one attached hydrogen (secondary N) is 2. The Balaban J connectivity index is 4.63. The van der Waals surface area contributed by atoms with Gasteiger partial charge >= 0.3 is 11.9 Å². The van der Waals surface area contributed by atoms with Gasteiger partial charge in [-0.15, -0.1) is 0 Å². The molecule has 0 saturated carbocycles. The van der Waals surface area contributed by atoms with Crippen molar-refractivity contribution in [1.82, 2.24) is 10.6 Å². The van der Waals surface area contributed by atoms with Gasteiger partial charge in [0.05, 0.1) is 6.04 Å². The molecule has 3 atom stereocenters. The third kappa shape index (κ3) is 10.9. The van der Waals surface area contributed by atoms with Crippen molar-refractivity contribution in [3.05, 3.63) is 0 Å². The lowest BCUT2D eigenvalue weighted by molar-refractivity contribution is -0.143. The zero-order chi connectivity index (χ0) is 21.0. The minimum atomic E-state index is -1.40. The number of carboxylic acid groups (broad SMARTS) is 2. The van der Waals surface area contributed by atoms with E-state index in [-0.39, 0.29) is 24.6 Å². The van der Waals surface area contributed by atoms with E-state index >= 15 is 0 Å². The Morgan fingerprint density at radius 1 is 1.00 bits per heavy atom. The molecule has 0 aliphatic carbocycles. The molecule has 27 heavy (non-hydrogen) atoms.